The van der Waals surface area contributed by atoms with Crippen molar-refractivity contribution in [3.63, 3.8) is 0 Å². The normalized spacial score (nSPS) is 24.1. The molecule has 0 N–H and O–H groups in total. The maximum absolute atomic E-state index is 12.7. The van der Waals surface area contributed by atoms with E-state index < -0.39 is 0 Å². The van der Waals surface area contributed by atoms with Crippen molar-refractivity contribution in [1.29, 1.82) is 0 Å². The Kier molecular flexibility index (Phi) is 4.38. The molecule has 1 atom stereocenters. The van der Waals surface area contributed by atoms with Crippen molar-refractivity contribution in [2.45, 2.75) is 31.6 Å². The molecule has 108 valence electrons. The second kappa shape index (κ2) is 6.24. The smallest absolute Gasteiger partial charge is 0.254 e. The molecule has 0 spiro atoms. The van der Waals surface area contributed by atoms with E-state index in [1.54, 1.807) is 0 Å². The van der Waals surface area contributed by atoms with Gasteiger partial charge < -0.3 is 14.4 Å². The molecular formula is C15H18BrNO3. The van der Waals surface area contributed by atoms with Gasteiger partial charge in [0.15, 0.2) is 6.29 Å². The Balaban J connectivity index is 1.80. The van der Waals surface area contributed by atoms with Gasteiger partial charge >= 0.3 is 0 Å². The van der Waals surface area contributed by atoms with Crippen molar-refractivity contribution in [3.05, 3.63) is 34.3 Å². The van der Waals surface area contributed by atoms with Crippen LogP contribution >= 0.6 is 15.9 Å². The number of likely N-dealkylation sites (tertiary alicyclic amines) is 1. The second-order valence-corrected chi connectivity index (χ2v) is 6.10. The molecular weight excluding hydrogens is 322 g/mol. The molecule has 0 radical (unpaired) electrons. The number of amides is 1. The number of ether oxygens (including phenoxy) is 2. The van der Waals surface area contributed by atoms with Gasteiger partial charge in [0.05, 0.1) is 19.3 Å². The predicted octanol–water partition coefficient (Wildman–Crippen LogP) is 2.82. The first-order valence-electron chi connectivity index (χ1n) is 7.05. The summed E-state index contributed by atoms with van der Waals surface area (Å²) in [5, 5.41) is 0. The Morgan fingerprint density at radius 3 is 2.80 bits per heavy atom. The SMILES string of the molecule is O=C(c1cccc(Br)c1)N1CCCCC1C1OCCO1. The number of rotatable bonds is 2. The van der Waals surface area contributed by atoms with Crippen molar-refractivity contribution in [2.75, 3.05) is 19.8 Å². The van der Waals surface area contributed by atoms with Gasteiger partial charge in [0, 0.05) is 16.6 Å². The van der Waals surface area contributed by atoms with Crippen molar-refractivity contribution >= 4 is 21.8 Å². The Bertz CT molecular complexity index is 488. The highest BCUT2D eigenvalue weighted by Crippen LogP contribution is 2.26. The predicted molar refractivity (Wildman–Crippen MR) is 78.5 cm³/mol. The van der Waals surface area contributed by atoms with Crippen LogP contribution in [0.1, 0.15) is 29.6 Å². The minimum absolute atomic E-state index is 0.0396. The summed E-state index contributed by atoms with van der Waals surface area (Å²) in [5.74, 6) is 0.0649. The average molecular weight is 340 g/mol. The highest BCUT2D eigenvalue weighted by Gasteiger charge is 2.36. The van der Waals surface area contributed by atoms with E-state index in [1.165, 1.54) is 0 Å². The van der Waals surface area contributed by atoms with E-state index in [0.29, 0.717) is 18.8 Å². The van der Waals surface area contributed by atoms with Crippen LogP contribution in [0.4, 0.5) is 0 Å². The first-order valence-corrected chi connectivity index (χ1v) is 7.85. The van der Waals surface area contributed by atoms with Crippen LogP contribution in [-0.2, 0) is 9.47 Å². The molecule has 4 nitrogen and oxygen atoms in total. The molecule has 2 aliphatic rings. The zero-order chi connectivity index (χ0) is 13.9. The molecule has 2 heterocycles. The quantitative estimate of drug-likeness (QED) is 0.831. The Morgan fingerprint density at radius 1 is 1.25 bits per heavy atom. The summed E-state index contributed by atoms with van der Waals surface area (Å²) < 4.78 is 12.1. The van der Waals surface area contributed by atoms with Gasteiger partial charge in [-0.25, -0.2) is 0 Å². The van der Waals surface area contributed by atoms with Crippen LogP contribution in [0.5, 0.6) is 0 Å². The third-order valence-corrected chi connectivity index (χ3v) is 4.34. The van der Waals surface area contributed by atoms with E-state index in [1.807, 2.05) is 29.2 Å². The summed E-state index contributed by atoms with van der Waals surface area (Å²) in [6, 6.07) is 7.57. The number of nitrogens with zero attached hydrogens (tertiary/aromatic N) is 1. The number of carbonyl (C=O) groups is 1. The highest BCUT2D eigenvalue weighted by molar-refractivity contribution is 9.10. The molecule has 1 aromatic rings. The van der Waals surface area contributed by atoms with Gasteiger partial charge in [-0.05, 0) is 37.5 Å². The van der Waals surface area contributed by atoms with Gasteiger partial charge in [-0.1, -0.05) is 22.0 Å². The molecule has 0 bridgehead atoms. The Morgan fingerprint density at radius 2 is 2.05 bits per heavy atom. The molecule has 2 fully saturated rings. The number of benzene rings is 1. The van der Waals surface area contributed by atoms with Gasteiger partial charge in [-0.2, -0.15) is 0 Å². The van der Waals surface area contributed by atoms with E-state index >= 15 is 0 Å². The van der Waals surface area contributed by atoms with Crippen LogP contribution in [0, 0.1) is 0 Å². The lowest BCUT2D eigenvalue weighted by Gasteiger charge is -2.38. The first-order chi connectivity index (χ1) is 9.75. The minimum atomic E-state index is -0.258. The van der Waals surface area contributed by atoms with Crippen molar-refractivity contribution in [1.82, 2.24) is 4.90 Å². The Hall–Kier alpha value is -0.910. The van der Waals surface area contributed by atoms with Gasteiger partial charge in [0.25, 0.3) is 5.91 Å². The molecule has 2 saturated heterocycles. The highest BCUT2D eigenvalue weighted by atomic mass is 79.9. The molecule has 2 aliphatic heterocycles. The first kappa shape index (κ1) is 14.0. The number of halogens is 1. The van der Waals surface area contributed by atoms with Gasteiger partial charge in [-0.15, -0.1) is 0 Å². The lowest BCUT2D eigenvalue weighted by Crippen LogP contribution is -2.50. The number of hydrogen-bond donors (Lipinski definition) is 0. The lowest BCUT2D eigenvalue weighted by molar-refractivity contribution is -0.100. The molecule has 1 aromatic carbocycles. The summed E-state index contributed by atoms with van der Waals surface area (Å²) in [6.07, 6.45) is 2.86. The van der Waals surface area contributed by atoms with Crippen LogP contribution in [0.3, 0.4) is 0 Å². The van der Waals surface area contributed by atoms with E-state index in [0.717, 1.165) is 30.3 Å². The molecule has 0 aromatic heterocycles. The maximum atomic E-state index is 12.7. The van der Waals surface area contributed by atoms with Crippen molar-refractivity contribution in [2.24, 2.45) is 0 Å². The summed E-state index contributed by atoms with van der Waals surface area (Å²) in [6.45, 7) is 2.03. The minimum Gasteiger partial charge on any atom is -0.348 e. The molecule has 1 amide bonds. The van der Waals surface area contributed by atoms with E-state index in [9.17, 15) is 4.79 Å². The van der Waals surface area contributed by atoms with Crippen LogP contribution in [-0.4, -0.2) is 42.9 Å². The number of hydrogen-bond acceptors (Lipinski definition) is 3. The van der Waals surface area contributed by atoms with Crippen molar-refractivity contribution < 1.29 is 14.3 Å². The lowest BCUT2D eigenvalue weighted by atomic mass is 10.00. The molecule has 0 aliphatic carbocycles. The molecule has 3 rings (SSSR count). The largest absolute Gasteiger partial charge is 0.348 e. The number of piperidine rings is 1. The van der Waals surface area contributed by atoms with Crippen LogP contribution in [0.15, 0.2) is 28.7 Å². The third-order valence-electron chi connectivity index (χ3n) is 3.84. The van der Waals surface area contributed by atoms with E-state index in [-0.39, 0.29) is 18.2 Å². The van der Waals surface area contributed by atoms with E-state index in [2.05, 4.69) is 15.9 Å². The van der Waals surface area contributed by atoms with Gasteiger partial charge in [0.2, 0.25) is 0 Å². The number of carbonyl (C=O) groups excluding carboxylic acids is 1. The van der Waals surface area contributed by atoms with Gasteiger partial charge in [-0.3, -0.25) is 4.79 Å². The maximum Gasteiger partial charge on any atom is 0.254 e. The second-order valence-electron chi connectivity index (χ2n) is 5.18. The van der Waals surface area contributed by atoms with Crippen LogP contribution in [0.25, 0.3) is 0 Å². The summed E-state index contributed by atoms with van der Waals surface area (Å²) in [5.41, 5.74) is 0.712. The van der Waals surface area contributed by atoms with Crippen LogP contribution < -0.4 is 0 Å². The Labute approximate surface area is 127 Å². The molecule has 5 heteroatoms. The zero-order valence-corrected chi connectivity index (χ0v) is 12.8. The third kappa shape index (κ3) is 2.90. The average Bonchev–Trinajstić information content (AvgIpc) is 3.00. The fourth-order valence-electron chi connectivity index (χ4n) is 2.88. The fourth-order valence-corrected chi connectivity index (χ4v) is 3.28. The van der Waals surface area contributed by atoms with E-state index in [4.69, 9.17) is 9.47 Å². The van der Waals surface area contributed by atoms with Crippen LogP contribution in [0.2, 0.25) is 0 Å². The molecule has 20 heavy (non-hydrogen) atoms. The monoisotopic (exact) mass is 339 g/mol. The molecule has 0 saturated carbocycles. The zero-order valence-electron chi connectivity index (χ0n) is 11.3. The van der Waals surface area contributed by atoms with Gasteiger partial charge in [0.1, 0.15) is 0 Å². The topological polar surface area (TPSA) is 38.8 Å². The standard InChI is InChI=1S/C15H18BrNO3/c16-12-5-3-4-11(10-12)14(18)17-7-2-1-6-13(17)15-19-8-9-20-15/h3-5,10,13,15H,1-2,6-9H2. The summed E-state index contributed by atoms with van der Waals surface area (Å²) in [4.78, 5) is 14.6. The summed E-state index contributed by atoms with van der Waals surface area (Å²) >= 11 is 3.42. The fraction of sp³-hybridized carbons (Fsp3) is 0.533. The molecule has 1 unspecified atom stereocenters. The van der Waals surface area contributed by atoms with Crippen molar-refractivity contribution in [3.8, 4) is 0 Å². The summed E-state index contributed by atoms with van der Waals surface area (Å²) in [7, 11) is 0.